The minimum Gasteiger partial charge on any atom is -0.467 e. The Morgan fingerprint density at radius 1 is 1.28 bits per heavy atom. The molecule has 0 aliphatic carbocycles. The summed E-state index contributed by atoms with van der Waals surface area (Å²) in [4.78, 5) is 14.6. The molecule has 0 fully saturated rings. The highest BCUT2D eigenvalue weighted by atomic mass is 32.2. The van der Waals surface area contributed by atoms with E-state index < -0.39 is 0 Å². The number of amides is 1. The number of rotatable bonds is 7. The molecule has 0 bridgehead atoms. The van der Waals surface area contributed by atoms with Crippen LogP contribution >= 0.6 is 11.8 Å². The van der Waals surface area contributed by atoms with E-state index in [1.807, 2.05) is 60.9 Å². The summed E-state index contributed by atoms with van der Waals surface area (Å²) in [5.41, 5.74) is 0.902. The molecule has 0 N–H and O–H groups in total. The lowest BCUT2D eigenvalue weighted by atomic mass is 10.2. The number of carbonyl (C=O) groups is 1. The quantitative estimate of drug-likeness (QED) is 0.607. The van der Waals surface area contributed by atoms with Gasteiger partial charge in [-0.3, -0.25) is 4.79 Å². The first-order valence-electron chi connectivity index (χ1n) is 8.12. The fraction of sp³-hybridized carbons (Fsp3) is 0.278. The summed E-state index contributed by atoms with van der Waals surface area (Å²) in [5.74, 6) is 0.867. The van der Waals surface area contributed by atoms with Crippen molar-refractivity contribution < 1.29 is 9.21 Å². The SMILES string of the molecule is CCN(C(=O)C(C)Sc1nncn1Cc1ccco1)c1ccccc1. The molecule has 25 heavy (non-hydrogen) atoms. The Morgan fingerprint density at radius 3 is 2.76 bits per heavy atom. The summed E-state index contributed by atoms with van der Waals surface area (Å²) in [5, 5.41) is 8.52. The Bertz CT molecular complexity index is 802. The highest BCUT2D eigenvalue weighted by Gasteiger charge is 2.23. The van der Waals surface area contributed by atoms with E-state index in [9.17, 15) is 4.79 Å². The minimum absolute atomic E-state index is 0.0475. The summed E-state index contributed by atoms with van der Waals surface area (Å²) in [6.45, 7) is 5.03. The lowest BCUT2D eigenvalue weighted by Gasteiger charge is -2.24. The van der Waals surface area contributed by atoms with Crippen LogP contribution in [0.25, 0.3) is 0 Å². The number of anilines is 1. The average Bonchev–Trinajstić information content (AvgIpc) is 3.29. The lowest BCUT2D eigenvalue weighted by Crippen LogP contribution is -2.36. The third kappa shape index (κ3) is 4.11. The molecule has 0 spiro atoms. The molecular weight excluding hydrogens is 336 g/mol. The van der Waals surface area contributed by atoms with Gasteiger partial charge in [0.15, 0.2) is 5.16 Å². The smallest absolute Gasteiger partial charge is 0.240 e. The molecule has 3 aromatic rings. The molecule has 3 rings (SSSR count). The van der Waals surface area contributed by atoms with Crippen molar-refractivity contribution in [3.63, 3.8) is 0 Å². The van der Waals surface area contributed by atoms with Gasteiger partial charge in [0.2, 0.25) is 5.91 Å². The summed E-state index contributed by atoms with van der Waals surface area (Å²) >= 11 is 1.40. The summed E-state index contributed by atoms with van der Waals surface area (Å²) in [6, 6.07) is 13.4. The van der Waals surface area contributed by atoms with E-state index in [1.165, 1.54) is 11.8 Å². The topological polar surface area (TPSA) is 64.2 Å². The molecular formula is C18H20N4O2S. The van der Waals surface area contributed by atoms with Crippen molar-refractivity contribution in [3.05, 3.63) is 60.8 Å². The number of carbonyl (C=O) groups excluding carboxylic acids is 1. The molecule has 6 nitrogen and oxygen atoms in total. The molecule has 1 aromatic carbocycles. The summed E-state index contributed by atoms with van der Waals surface area (Å²) in [7, 11) is 0. The monoisotopic (exact) mass is 356 g/mol. The third-order valence-electron chi connectivity index (χ3n) is 3.77. The molecule has 0 aliphatic rings. The Kier molecular flexibility index (Phi) is 5.55. The number of para-hydroxylation sites is 1. The van der Waals surface area contributed by atoms with Gasteiger partial charge in [-0.15, -0.1) is 10.2 Å². The second-order valence-corrected chi connectivity index (χ2v) is 6.81. The first-order chi connectivity index (χ1) is 12.2. The van der Waals surface area contributed by atoms with Crippen molar-refractivity contribution in [2.45, 2.75) is 30.8 Å². The van der Waals surface area contributed by atoms with E-state index in [-0.39, 0.29) is 11.2 Å². The summed E-state index contributed by atoms with van der Waals surface area (Å²) < 4.78 is 7.25. The molecule has 0 saturated heterocycles. The predicted molar refractivity (Wildman–Crippen MR) is 97.6 cm³/mol. The Hall–Kier alpha value is -2.54. The van der Waals surface area contributed by atoms with Crippen molar-refractivity contribution >= 4 is 23.4 Å². The van der Waals surface area contributed by atoms with Gasteiger partial charge >= 0.3 is 0 Å². The van der Waals surface area contributed by atoms with E-state index in [2.05, 4.69) is 10.2 Å². The zero-order chi connectivity index (χ0) is 17.6. The van der Waals surface area contributed by atoms with Crippen LogP contribution in [0, 0.1) is 0 Å². The van der Waals surface area contributed by atoms with Gasteiger partial charge in [0.1, 0.15) is 12.1 Å². The van der Waals surface area contributed by atoms with E-state index in [4.69, 9.17) is 4.42 Å². The van der Waals surface area contributed by atoms with Gasteiger partial charge in [-0.05, 0) is 38.1 Å². The number of thioether (sulfide) groups is 1. The molecule has 1 unspecified atom stereocenters. The maximum atomic E-state index is 12.9. The van der Waals surface area contributed by atoms with E-state index in [0.717, 1.165) is 11.4 Å². The van der Waals surface area contributed by atoms with Crippen LogP contribution in [0.4, 0.5) is 5.69 Å². The molecule has 1 atom stereocenters. The van der Waals surface area contributed by atoms with Crippen molar-refractivity contribution in [2.24, 2.45) is 0 Å². The van der Waals surface area contributed by atoms with Crippen LogP contribution in [-0.4, -0.2) is 32.5 Å². The first kappa shape index (κ1) is 17.3. The third-order valence-corrected chi connectivity index (χ3v) is 4.85. The number of hydrogen-bond donors (Lipinski definition) is 0. The molecule has 7 heteroatoms. The van der Waals surface area contributed by atoms with Crippen LogP contribution in [-0.2, 0) is 11.3 Å². The fourth-order valence-corrected chi connectivity index (χ4v) is 3.40. The van der Waals surface area contributed by atoms with Crippen molar-refractivity contribution in [2.75, 3.05) is 11.4 Å². The molecule has 0 aliphatic heterocycles. The Balaban J connectivity index is 1.70. The molecule has 2 aromatic heterocycles. The van der Waals surface area contributed by atoms with E-state index >= 15 is 0 Å². The number of nitrogens with zero attached hydrogens (tertiary/aromatic N) is 4. The molecule has 0 saturated carbocycles. The van der Waals surface area contributed by atoms with Crippen LogP contribution in [0.2, 0.25) is 0 Å². The second-order valence-electron chi connectivity index (χ2n) is 5.50. The standard InChI is InChI=1S/C18H20N4O2S/c1-3-22(15-8-5-4-6-9-15)17(23)14(2)25-18-20-19-13-21(18)12-16-10-7-11-24-16/h4-11,13-14H,3,12H2,1-2H3. The van der Waals surface area contributed by atoms with Crippen molar-refractivity contribution in [1.82, 2.24) is 14.8 Å². The van der Waals surface area contributed by atoms with E-state index in [1.54, 1.807) is 17.5 Å². The van der Waals surface area contributed by atoms with Crippen LogP contribution in [0.15, 0.2) is 64.6 Å². The zero-order valence-electron chi connectivity index (χ0n) is 14.2. The normalized spacial score (nSPS) is 12.1. The summed E-state index contributed by atoms with van der Waals surface area (Å²) in [6.07, 6.45) is 3.29. The average molecular weight is 356 g/mol. The molecule has 2 heterocycles. The van der Waals surface area contributed by atoms with Crippen LogP contribution in [0.3, 0.4) is 0 Å². The lowest BCUT2D eigenvalue weighted by molar-refractivity contribution is -0.117. The first-order valence-corrected chi connectivity index (χ1v) is 9.00. The number of benzene rings is 1. The fourth-order valence-electron chi connectivity index (χ4n) is 2.52. The minimum atomic E-state index is -0.278. The second kappa shape index (κ2) is 8.02. The molecule has 0 radical (unpaired) electrons. The highest BCUT2D eigenvalue weighted by Crippen LogP contribution is 2.25. The zero-order valence-corrected chi connectivity index (χ0v) is 15.0. The maximum absolute atomic E-state index is 12.9. The maximum Gasteiger partial charge on any atom is 0.240 e. The highest BCUT2D eigenvalue weighted by molar-refractivity contribution is 8.00. The van der Waals surface area contributed by atoms with Crippen molar-refractivity contribution in [3.8, 4) is 0 Å². The largest absolute Gasteiger partial charge is 0.467 e. The van der Waals surface area contributed by atoms with Crippen molar-refractivity contribution in [1.29, 1.82) is 0 Å². The van der Waals surface area contributed by atoms with Gasteiger partial charge in [-0.1, -0.05) is 30.0 Å². The molecule has 1 amide bonds. The van der Waals surface area contributed by atoms with Gasteiger partial charge in [0, 0.05) is 12.2 Å². The van der Waals surface area contributed by atoms with Gasteiger partial charge < -0.3 is 13.9 Å². The van der Waals surface area contributed by atoms with E-state index in [0.29, 0.717) is 18.2 Å². The predicted octanol–water partition coefficient (Wildman–Crippen LogP) is 3.45. The van der Waals surface area contributed by atoms with Gasteiger partial charge in [-0.25, -0.2) is 0 Å². The van der Waals surface area contributed by atoms with Crippen LogP contribution < -0.4 is 4.90 Å². The number of furan rings is 1. The van der Waals surface area contributed by atoms with Crippen LogP contribution in [0.5, 0.6) is 0 Å². The molecule has 130 valence electrons. The van der Waals surface area contributed by atoms with Crippen LogP contribution in [0.1, 0.15) is 19.6 Å². The number of aromatic nitrogens is 3. The van der Waals surface area contributed by atoms with Gasteiger partial charge in [-0.2, -0.15) is 0 Å². The number of hydrogen-bond acceptors (Lipinski definition) is 5. The Labute approximate surface area is 150 Å². The van der Waals surface area contributed by atoms with Gasteiger partial charge in [0.05, 0.1) is 18.1 Å². The Morgan fingerprint density at radius 2 is 2.08 bits per heavy atom. The van der Waals surface area contributed by atoms with Gasteiger partial charge in [0.25, 0.3) is 0 Å².